The van der Waals surface area contributed by atoms with Crippen molar-refractivity contribution in [3.63, 3.8) is 0 Å². The Morgan fingerprint density at radius 3 is 2.71 bits per heavy atom. The van der Waals surface area contributed by atoms with E-state index in [9.17, 15) is 18.0 Å². The van der Waals surface area contributed by atoms with Crippen molar-refractivity contribution in [3.8, 4) is 11.4 Å². The monoisotopic (exact) mass is 331 g/mol. The summed E-state index contributed by atoms with van der Waals surface area (Å²) in [6.45, 7) is -0.257. The van der Waals surface area contributed by atoms with Crippen LogP contribution in [0.4, 0.5) is 13.2 Å². The maximum Gasteiger partial charge on any atom is 0.251 e. The molecule has 24 heavy (non-hydrogen) atoms. The number of amides is 1. The quantitative estimate of drug-likeness (QED) is 0.720. The molecule has 4 nitrogen and oxygen atoms in total. The van der Waals surface area contributed by atoms with Gasteiger partial charge in [-0.1, -0.05) is 18.2 Å². The van der Waals surface area contributed by atoms with Gasteiger partial charge >= 0.3 is 0 Å². The van der Waals surface area contributed by atoms with Gasteiger partial charge < -0.3 is 10.3 Å². The summed E-state index contributed by atoms with van der Waals surface area (Å²) in [6, 6.07) is 8.58. The van der Waals surface area contributed by atoms with E-state index in [2.05, 4.69) is 15.3 Å². The Bertz CT molecular complexity index is 879. The van der Waals surface area contributed by atoms with Gasteiger partial charge in [0.25, 0.3) is 5.91 Å². The molecule has 1 aromatic heterocycles. The van der Waals surface area contributed by atoms with E-state index in [0.717, 1.165) is 12.1 Å². The van der Waals surface area contributed by atoms with Crippen LogP contribution in [0.3, 0.4) is 0 Å². The summed E-state index contributed by atoms with van der Waals surface area (Å²) in [6.07, 6.45) is 3.25. The van der Waals surface area contributed by atoms with Crippen LogP contribution in [-0.2, 0) is 6.54 Å². The fourth-order valence-electron chi connectivity index (χ4n) is 2.21. The number of nitrogens with zero attached hydrogens (tertiary/aromatic N) is 1. The standard InChI is InChI=1S/C17H12F3N3O/c18-13-5-4-12(14(19)15(13)20)9-23-17(24)11-3-1-2-10(8-11)16-21-6-7-22-16/h1-8H,9H2,(H,21,22)(H,23,24). The van der Waals surface area contributed by atoms with E-state index in [4.69, 9.17) is 0 Å². The van der Waals surface area contributed by atoms with Crippen molar-refractivity contribution in [2.75, 3.05) is 0 Å². The van der Waals surface area contributed by atoms with Crippen molar-refractivity contribution in [3.05, 3.63) is 77.4 Å². The van der Waals surface area contributed by atoms with Crippen LogP contribution in [0, 0.1) is 17.5 Å². The van der Waals surface area contributed by atoms with Crippen molar-refractivity contribution in [1.82, 2.24) is 15.3 Å². The van der Waals surface area contributed by atoms with E-state index in [1.54, 1.807) is 36.7 Å². The van der Waals surface area contributed by atoms with E-state index >= 15 is 0 Å². The average molecular weight is 331 g/mol. The minimum atomic E-state index is -1.55. The van der Waals surface area contributed by atoms with Gasteiger partial charge in [0.15, 0.2) is 17.5 Å². The molecule has 0 aliphatic rings. The summed E-state index contributed by atoms with van der Waals surface area (Å²) in [5.74, 6) is -3.99. The minimum absolute atomic E-state index is 0.135. The van der Waals surface area contributed by atoms with E-state index in [-0.39, 0.29) is 12.1 Å². The first-order valence-corrected chi connectivity index (χ1v) is 7.06. The molecule has 0 atom stereocenters. The summed E-state index contributed by atoms with van der Waals surface area (Å²) in [7, 11) is 0. The lowest BCUT2D eigenvalue weighted by Crippen LogP contribution is -2.23. The number of aromatic amines is 1. The molecule has 3 rings (SSSR count). The summed E-state index contributed by atoms with van der Waals surface area (Å²) < 4.78 is 39.7. The second-order valence-corrected chi connectivity index (χ2v) is 5.04. The third kappa shape index (κ3) is 3.15. The van der Waals surface area contributed by atoms with Crippen LogP contribution in [0.5, 0.6) is 0 Å². The van der Waals surface area contributed by atoms with Gasteiger partial charge in [-0.2, -0.15) is 0 Å². The first kappa shape index (κ1) is 15.8. The van der Waals surface area contributed by atoms with Crippen molar-refractivity contribution in [1.29, 1.82) is 0 Å². The van der Waals surface area contributed by atoms with Gasteiger partial charge in [-0.3, -0.25) is 4.79 Å². The molecule has 7 heteroatoms. The van der Waals surface area contributed by atoms with Crippen molar-refractivity contribution >= 4 is 5.91 Å². The van der Waals surface area contributed by atoms with E-state index in [1.807, 2.05) is 0 Å². The van der Waals surface area contributed by atoms with Crippen LogP contribution in [0.15, 0.2) is 48.8 Å². The van der Waals surface area contributed by atoms with Crippen LogP contribution in [0.2, 0.25) is 0 Å². The topological polar surface area (TPSA) is 57.8 Å². The minimum Gasteiger partial charge on any atom is -0.348 e. The Kier molecular flexibility index (Phi) is 4.33. The molecule has 3 aromatic rings. The van der Waals surface area contributed by atoms with Crippen molar-refractivity contribution in [2.45, 2.75) is 6.54 Å². The number of aromatic nitrogens is 2. The van der Waals surface area contributed by atoms with E-state index in [0.29, 0.717) is 17.0 Å². The predicted octanol–water partition coefficient (Wildman–Crippen LogP) is 3.42. The van der Waals surface area contributed by atoms with Gasteiger partial charge in [0.1, 0.15) is 5.82 Å². The zero-order valence-corrected chi connectivity index (χ0v) is 12.3. The molecule has 0 radical (unpaired) electrons. The van der Waals surface area contributed by atoms with Crippen LogP contribution in [0.1, 0.15) is 15.9 Å². The lowest BCUT2D eigenvalue weighted by molar-refractivity contribution is 0.0950. The predicted molar refractivity (Wildman–Crippen MR) is 81.5 cm³/mol. The third-order valence-corrected chi connectivity index (χ3v) is 3.45. The molecule has 0 saturated carbocycles. The van der Waals surface area contributed by atoms with E-state index in [1.165, 1.54) is 0 Å². The lowest BCUT2D eigenvalue weighted by Gasteiger charge is -2.08. The second-order valence-electron chi connectivity index (χ2n) is 5.04. The molecule has 0 bridgehead atoms. The molecule has 0 unspecified atom stereocenters. The van der Waals surface area contributed by atoms with Gasteiger partial charge in [-0.25, -0.2) is 18.2 Å². The first-order valence-electron chi connectivity index (χ1n) is 7.06. The average Bonchev–Trinajstić information content (AvgIpc) is 3.13. The van der Waals surface area contributed by atoms with Gasteiger partial charge in [0.05, 0.1) is 0 Å². The number of benzene rings is 2. The maximum atomic E-state index is 13.6. The second kappa shape index (κ2) is 6.57. The number of H-pyrrole nitrogens is 1. The molecule has 122 valence electrons. The Hall–Kier alpha value is -3.09. The van der Waals surface area contributed by atoms with Crippen molar-refractivity contribution in [2.24, 2.45) is 0 Å². The molecule has 2 aromatic carbocycles. The molecule has 1 heterocycles. The van der Waals surface area contributed by atoms with Gasteiger partial charge in [0.2, 0.25) is 0 Å². The number of carbonyl (C=O) groups excluding carboxylic acids is 1. The molecule has 0 aliphatic carbocycles. The van der Waals surface area contributed by atoms with Gasteiger partial charge in [-0.05, 0) is 18.2 Å². The first-order chi connectivity index (χ1) is 11.6. The molecule has 1 amide bonds. The number of nitrogens with one attached hydrogen (secondary N) is 2. The normalized spacial score (nSPS) is 10.6. The number of imidazole rings is 1. The maximum absolute atomic E-state index is 13.6. The summed E-state index contributed by atoms with van der Waals surface area (Å²) >= 11 is 0. The molecular weight excluding hydrogens is 319 g/mol. The van der Waals surface area contributed by atoms with Crippen LogP contribution < -0.4 is 5.32 Å². The van der Waals surface area contributed by atoms with Crippen LogP contribution >= 0.6 is 0 Å². The Morgan fingerprint density at radius 2 is 1.96 bits per heavy atom. The zero-order chi connectivity index (χ0) is 17.1. The highest BCUT2D eigenvalue weighted by Crippen LogP contribution is 2.17. The molecule has 2 N–H and O–H groups in total. The zero-order valence-electron chi connectivity index (χ0n) is 12.3. The lowest BCUT2D eigenvalue weighted by atomic mass is 10.1. The highest BCUT2D eigenvalue weighted by Gasteiger charge is 2.14. The molecule has 0 saturated heterocycles. The molecule has 0 fully saturated rings. The van der Waals surface area contributed by atoms with E-state index < -0.39 is 23.4 Å². The Labute approximate surface area is 135 Å². The molecule has 0 spiro atoms. The summed E-state index contributed by atoms with van der Waals surface area (Å²) in [5.41, 5.74) is 0.919. The van der Waals surface area contributed by atoms with Crippen LogP contribution in [0.25, 0.3) is 11.4 Å². The number of hydrogen-bond donors (Lipinski definition) is 2. The summed E-state index contributed by atoms with van der Waals surface area (Å²) in [5, 5.41) is 2.48. The van der Waals surface area contributed by atoms with Crippen LogP contribution in [-0.4, -0.2) is 15.9 Å². The number of halogens is 3. The largest absolute Gasteiger partial charge is 0.348 e. The summed E-state index contributed by atoms with van der Waals surface area (Å²) in [4.78, 5) is 19.2. The SMILES string of the molecule is O=C(NCc1ccc(F)c(F)c1F)c1cccc(-c2ncc[nH]2)c1. The number of rotatable bonds is 4. The fraction of sp³-hybridized carbons (Fsp3) is 0.0588. The third-order valence-electron chi connectivity index (χ3n) is 3.45. The molecule has 0 aliphatic heterocycles. The number of hydrogen-bond acceptors (Lipinski definition) is 2. The molecular formula is C17H12F3N3O. The fourth-order valence-corrected chi connectivity index (χ4v) is 2.21. The number of carbonyl (C=O) groups is 1. The Balaban J connectivity index is 1.74. The Morgan fingerprint density at radius 1 is 1.12 bits per heavy atom. The van der Waals surface area contributed by atoms with Gasteiger partial charge in [0, 0.05) is 35.6 Å². The van der Waals surface area contributed by atoms with Crippen molar-refractivity contribution < 1.29 is 18.0 Å². The highest BCUT2D eigenvalue weighted by molar-refractivity contribution is 5.95. The highest BCUT2D eigenvalue weighted by atomic mass is 19.2. The smallest absolute Gasteiger partial charge is 0.251 e. The van der Waals surface area contributed by atoms with Gasteiger partial charge in [-0.15, -0.1) is 0 Å².